The first-order valence-electron chi connectivity index (χ1n) is 14.1. The maximum Gasteiger partial charge on any atom is 0.251 e. The third-order valence-corrected chi connectivity index (χ3v) is 10.5. The Labute approximate surface area is 251 Å². The number of benzene rings is 5. The summed E-state index contributed by atoms with van der Waals surface area (Å²) in [6, 6.07) is 39.3. The summed E-state index contributed by atoms with van der Waals surface area (Å²) in [4.78, 5) is 45.5. The molecule has 3 amide bonds. The van der Waals surface area contributed by atoms with E-state index in [1.807, 2.05) is 109 Å². The topological polar surface area (TPSA) is 57.7 Å². The molecule has 5 aromatic rings. The molecule has 204 valence electrons. The molecule has 6 heteroatoms. The van der Waals surface area contributed by atoms with Crippen LogP contribution < -0.4 is 4.90 Å². The van der Waals surface area contributed by atoms with E-state index < -0.39 is 16.2 Å². The molecule has 5 aromatic carbocycles. The van der Waals surface area contributed by atoms with Gasteiger partial charge in [0.2, 0.25) is 11.8 Å². The SMILES string of the molecule is O=C1[C@@H]2C3c4ccccc4C(Br)(c4ccccc43)[C@H]2C(=O)N1CC(=O)N(c1ccccc1)c1ccc2ccccc2c1. The van der Waals surface area contributed by atoms with Crippen LogP contribution in [0.2, 0.25) is 0 Å². The highest BCUT2D eigenvalue weighted by Crippen LogP contribution is 2.66. The molecule has 0 saturated carbocycles. The first-order valence-corrected chi connectivity index (χ1v) is 14.9. The van der Waals surface area contributed by atoms with Gasteiger partial charge in [-0.15, -0.1) is 0 Å². The van der Waals surface area contributed by atoms with Crippen LogP contribution in [0.15, 0.2) is 121 Å². The lowest BCUT2D eigenvalue weighted by Gasteiger charge is -2.51. The number of halogens is 1. The molecule has 3 aliphatic carbocycles. The zero-order valence-corrected chi connectivity index (χ0v) is 24.1. The molecule has 1 fully saturated rings. The third kappa shape index (κ3) is 3.39. The van der Waals surface area contributed by atoms with Crippen LogP contribution in [-0.4, -0.2) is 29.2 Å². The molecule has 0 spiro atoms. The largest absolute Gasteiger partial charge is 0.280 e. The fraction of sp³-hybridized carbons (Fsp3) is 0.139. The first kappa shape index (κ1) is 25.2. The summed E-state index contributed by atoms with van der Waals surface area (Å²) in [5.41, 5.74) is 5.51. The smallest absolute Gasteiger partial charge is 0.251 e. The minimum absolute atomic E-state index is 0.246. The van der Waals surface area contributed by atoms with Crippen molar-refractivity contribution < 1.29 is 14.4 Å². The number of fused-ring (bicyclic) bond motifs is 1. The van der Waals surface area contributed by atoms with E-state index in [1.165, 1.54) is 4.90 Å². The van der Waals surface area contributed by atoms with Crippen LogP contribution in [0.5, 0.6) is 0 Å². The average Bonchev–Trinajstić information content (AvgIpc) is 3.28. The zero-order valence-electron chi connectivity index (χ0n) is 22.5. The highest BCUT2D eigenvalue weighted by Gasteiger charge is 2.67. The van der Waals surface area contributed by atoms with E-state index in [-0.39, 0.29) is 30.2 Å². The van der Waals surface area contributed by atoms with Crippen LogP contribution in [0.25, 0.3) is 10.8 Å². The van der Waals surface area contributed by atoms with Crippen molar-refractivity contribution >= 4 is 55.8 Å². The molecule has 5 nitrogen and oxygen atoms in total. The summed E-state index contributed by atoms with van der Waals surface area (Å²) in [7, 11) is 0. The number of hydrogen-bond acceptors (Lipinski definition) is 3. The fourth-order valence-corrected chi connectivity index (χ4v) is 8.63. The normalized spacial score (nSPS) is 23.5. The van der Waals surface area contributed by atoms with E-state index in [1.54, 1.807) is 4.90 Å². The van der Waals surface area contributed by atoms with Crippen molar-refractivity contribution in [1.82, 2.24) is 4.90 Å². The van der Waals surface area contributed by atoms with Crippen molar-refractivity contribution in [2.45, 2.75) is 10.2 Å². The van der Waals surface area contributed by atoms with Crippen molar-refractivity contribution in [3.8, 4) is 0 Å². The van der Waals surface area contributed by atoms with Gasteiger partial charge in [0.1, 0.15) is 6.54 Å². The molecule has 1 aliphatic heterocycles. The van der Waals surface area contributed by atoms with Gasteiger partial charge in [-0.3, -0.25) is 24.2 Å². The van der Waals surface area contributed by atoms with E-state index in [2.05, 4.69) is 28.1 Å². The van der Waals surface area contributed by atoms with Gasteiger partial charge in [0, 0.05) is 17.3 Å². The Morgan fingerprint density at radius 1 is 0.690 bits per heavy atom. The van der Waals surface area contributed by atoms with Crippen LogP contribution >= 0.6 is 15.9 Å². The summed E-state index contributed by atoms with van der Waals surface area (Å²) in [6.07, 6.45) is 0. The quantitative estimate of drug-likeness (QED) is 0.164. The Morgan fingerprint density at radius 2 is 1.29 bits per heavy atom. The lowest BCUT2D eigenvalue weighted by molar-refractivity contribution is -0.143. The number of imide groups is 1. The van der Waals surface area contributed by atoms with Gasteiger partial charge >= 0.3 is 0 Å². The van der Waals surface area contributed by atoms with E-state index >= 15 is 0 Å². The third-order valence-electron chi connectivity index (χ3n) is 9.15. The monoisotopic (exact) mass is 612 g/mol. The molecule has 4 aliphatic rings. The molecule has 2 atom stereocenters. The van der Waals surface area contributed by atoms with Crippen molar-refractivity contribution in [3.05, 3.63) is 144 Å². The van der Waals surface area contributed by atoms with Gasteiger partial charge in [-0.2, -0.15) is 0 Å². The number of carbonyl (C=O) groups is 3. The number of anilines is 2. The Balaban J connectivity index is 1.20. The predicted molar refractivity (Wildman–Crippen MR) is 166 cm³/mol. The van der Waals surface area contributed by atoms with Gasteiger partial charge in [-0.05, 0) is 57.3 Å². The standard InChI is InChI=1S/C36H25BrN2O3/c37-36-28-16-8-6-14-26(28)31(27-15-7-9-17-29(27)36)32-33(36)35(42)38(34(32)41)21-30(40)39(24-12-2-1-3-13-24)25-19-18-22-10-4-5-11-23(22)20-25/h1-20,31-33H,21H2/t31?,32-,33-,36?/m1/s1. The Hall–Kier alpha value is -4.55. The van der Waals surface area contributed by atoms with Gasteiger partial charge < -0.3 is 0 Å². The number of carbonyl (C=O) groups excluding carboxylic acids is 3. The predicted octanol–water partition coefficient (Wildman–Crippen LogP) is 6.90. The van der Waals surface area contributed by atoms with E-state index in [9.17, 15) is 14.4 Å². The molecule has 0 unspecified atom stereocenters. The van der Waals surface area contributed by atoms with Crippen LogP contribution in [0.4, 0.5) is 11.4 Å². The summed E-state index contributed by atoms with van der Waals surface area (Å²) >= 11 is 4.03. The van der Waals surface area contributed by atoms with Gasteiger partial charge in [0.25, 0.3) is 5.91 Å². The molecule has 42 heavy (non-hydrogen) atoms. The summed E-state index contributed by atoms with van der Waals surface area (Å²) < 4.78 is -0.846. The van der Waals surface area contributed by atoms with Crippen molar-refractivity contribution in [2.24, 2.45) is 11.8 Å². The second-order valence-corrected chi connectivity index (χ2v) is 12.5. The van der Waals surface area contributed by atoms with E-state index in [4.69, 9.17) is 0 Å². The highest BCUT2D eigenvalue weighted by atomic mass is 79.9. The lowest BCUT2D eigenvalue weighted by Crippen LogP contribution is -2.50. The van der Waals surface area contributed by atoms with Crippen molar-refractivity contribution in [3.63, 3.8) is 0 Å². The molecular formula is C36H25BrN2O3. The average molecular weight is 614 g/mol. The highest BCUT2D eigenvalue weighted by molar-refractivity contribution is 9.09. The molecule has 0 N–H and O–H groups in total. The molecular weight excluding hydrogens is 588 g/mol. The molecule has 2 bridgehead atoms. The number of alkyl halides is 1. The maximum atomic E-state index is 14.3. The molecule has 0 radical (unpaired) electrons. The minimum Gasteiger partial charge on any atom is -0.280 e. The van der Waals surface area contributed by atoms with Crippen LogP contribution in [0, 0.1) is 11.8 Å². The van der Waals surface area contributed by atoms with Crippen LogP contribution in [-0.2, 0) is 18.7 Å². The van der Waals surface area contributed by atoms with Gasteiger partial charge in [0.05, 0.1) is 16.2 Å². The number of amides is 3. The fourth-order valence-electron chi connectivity index (χ4n) is 7.43. The second-order valence-electron chi connectivity index (χ2n) is 11.2. The molecule has 1 saturated heterocycles. The molecule has 9 rings (SSSR count). The van der Waals surface area contributed by atoms with Crippen molar-refractivity contribution in [1.29, 1.82) is 0 Å². The van der Waals surface area contributed by atoms with Gasteiger partial charge in [0.15, 0.2) is 0 Å². The molecule has 1 heterocycles. The van der Waals surface area contributed by atoms with Crippen LogP contribution in [0.3, 0.4) is 0 Å². The Kier molecular flexibility index (Phi) is 5.53. The maximum absolute atomic E-state index is 14.3. The van der Waals surface area contributed by atoms with Gasteiger partial charge in [-0.25, -0.2) is 0 Å². The first-order chi connectivity index (χ1) is 20.5. The van der Waals surface area contributed by atoms with Gasteiger partial charge in [-0.1, -0.05) is 113 Å². The summed E-state index contributed by atoms with van der Waals surface area (Å²) in [5.74, 6) is -2.41. The number of rotatable bonds is 4. The summed E-state index contributed by atoms with van der Waals surface area (Å²) in [5, 5.41) is 2.06. The molecule has 0 aromatic heterocycles. The lowest BCUT2D eigenvalue weighted by atomic mass is 9.55. The Morgan fingerprint density at radius 3 is 1.98 bits per heavy atom. The van der Waals surface area contributed by atoms with Crippen molar-refractivity contribution in [2.75, 3.05) is 11.4 Å². The number of nitrogens with zero attached hydrogens (tertiary/aromatic N) is 2. The van der Waals surface area contributed by atoms with Crippen LogP contribution in [0.1, 0.15) is 28.2 Å². The number of hydrogen-bond donors (Lipinski definition) is 0. The number of para-hydroxylation sites is 1. The zero-order chi connectivity index (χ0) is 28.6. The Bertz CT molecular complexity index is 1890. The number of likely N-dealkylation sites (tertiary alicyclic amines) is 1. The summed E-state index contributed by atoms with van der Waals surface area (Å²) in [6.45, 7) is -0.338. The second kappa shape index (κ2) is 9.23. The van der Waals surface area contributed by atoms with E-state index in [0.717, 1.165) is 33.0 Å². The van der Waals surface area contributed by atoms with E-state index in [0.29, 0.717) is 11.4 Å². The minimum atomic E-state index is -0.846.